The maximum Gasteiger partial charge on any atom is 0.251 e. The van der Waals surface area contributed by atoms with Gasteiger partial charge in [-0.05, 0) is 25.0 Å². The highest BCUT2D eigenvalue weighted by molar-refractivity contribution is 6.02. The van der Waals surface area contributed by atoms with E-state index in [1.807, 2.05) is 61.5 Å². The van der Waals surface area contributed by atoms with Gasteiger partial charge < -0.3 is 15.0 Å². The van der Waals surface area contributed by atoms with E-state index in [4.69, 9.17) is 10.5 Å². The van der Waals surface area contributed by atoms with Crippen LogP contribution in [0, 0.1) is 6.92 Å². The minimum Gasteiger partial charge on any atom is -0.496 e. The number of aromatic nitrogens is 1. The first-order valence-electron chi connectivity index (χ1n) is 8.77. The molecule has 1 amide bonds. The highest BCUT2D eigenvalue weighted by Crippen LogP contribution is 2.34. The molecule has 3 aromatic rings. The number of para-hydroxylation sites is 1. The topological polar surface area (TPSA) is 57.2 Å². The Morgan fingerprint density at radius 2 is 1.73 bits per heavy atom. The van der Waals surface area contributed by atoms with Crippen molar-refractivity contribution >= 4 is 5.91 Å². The van der Waals surface area contributed by atoms with E-state index in [1.54, 1.807) is 7.11 Å². The average molecular weight is 348 g/mol. The van der Waals surface area contributed by atoms with Gasteiger partial charge in [0.1, 0.15) is 5.75 Å². The number of carbonyl (C=O) groups is 1. The first-order chi connectivity index (χ1) is 12.6. The van der Waals surface area contributed by atoms with Gasteiger partial charge in [-0.1, -0.05) is 55.5 Å². The molecular formula is C22H24N2O2. The largest absolute Gasteiger partial charge is 0.496 e. The lowest BCUT2D eigenvalue weighted by Crippen LogP contribution is -2.13. The van der Waals surface area contributed by atoms with E-state index in [0.29, 0.717) is 12.1 Å². The first-order valence-corrected chi connectivity index (χ1v) is 8.77. The maximum absolute atomic E-state index is 12.3. The van der Waals surface area contributed by atoms with Crippen LogP contribution in [-0.4, -0.2) is 17.6 Å². The maximum atomic E-state index is 12.3. The molecule has 1 aromatic heterocycles. The highest BCUT2D eigenvalue weighted by Gasteiger charge is 2.24. The SMILES string of the molecule is CCc1c(-c2ccccc2)c(C(N)=O)c(C)n1Cc1ccccc1OC. The van der Waals surface area contributed by atoms with Gasteiger partial charge in [-0.2, -0.15) is 0 Å². The van der Waals surface area contributed by atoms with Crippen LogP contribution in [0.2, 0.25) is 0 Å². The number of carbonyl (C=O) groups excluding carboxylic acids is 1. The molecule has 0 unspecified atom stereocenters. The monoisotopic (exact) mass is 348 g/mol. The Balaban J connectivity index is 2.22. The van der Waals surface area contributed by atoms with Crippen molar-refractivity contribution in [1.82, 2.24) is 4.57 Å². The Kier molecular flexibility index (Phi) is 5.12. The van der Waals surface area contributed by atoms with E-state index in [1.165, 1.54) is 0 Å². The summed E-state index contributed by atoms with van der Waals surface area (Å²) in [7, 11) is 1.67. The summed E-state index contributed by atoms with van der Waals surface area (Å²) in [5, 5.41) is 0. The Morgan fingerprint density at radius 3 is 2.35 bits per heavy atom. The molecule has 3 rings (SSSR count). The van der Waals surface area contributed by atoms with Gasteiger partial charge in [-0.15, -0.1) is 0 Å². The normalized spacial score (nSPS) is 10.7. The number of nitrogens with zero attached hydrogens (tertiary/aromatic N) is 1. The summed E-state index contributed by atoms with van der Waals surface area (Å²) in [6, 6.07) is 17.9. The van der Waals surface area contributed by atoms with Gasteiger partial charge >= 0.3 is 0 Å². The molecule has 1 heterocycles. The van der Waals surface area contributed by atoms with Gasteiger partial charge in [0.15, 0.2) is 0 Å². The number of methoxy groups -OCH3 is 1. The zero-order valence-electron chi connectivity index (χ0n) is 15.5. The van der Waals surface area contributed by atoms with Crippen LogP contribution in [-0.2, 0) is 13.0 Å². The Labute approximate surface area is 154 Å². The van der Waals surface area contributed by atoms with E-state index in [0.717, 1.165) is 40.2 Å². The molecule has 0 radical (unpaired) electrons. The molecule has 2 aromatic carbocycles. The molecule has 4 heteroatoms. The molecule has 134 valence electrons. The summed E-state index contributed by atoms with van der Waals surface area (Å²) in [5.74, 6) is 0.444. The highest BCUT2D eigenvalue weighted by atomic mass is 16.5. The van der Waals surface area contributed by atoms with Crippen LogP contribution in [0.5, 0.6) is 5.75 Å². The van der Waals surface area contributed by atoms with Crippen molar-refractivity contribution in [2.45, 2.75) is 26.8 Å². The van der Waals surface area contributed by atoms with Crippen molar-refractivity contribution in [3.05, 3.63) is 77.1 Å². The third-order valence-electron chi connectivity index (χ3n) is 4.80. The molecule has 2 N–H and O–H groups in total. The molecule has 0 aliphatic heterocycles. The molecule has 0 saturated heterocycles. The lowest BCUT2D eigenvalue weighted by molar-refractivity contribution is 0.1000. The third kappa shape index (κ3) is 3.10. The zero-order valence-corrected chi connectivity index (χ0v) is 15.5. The summed E-state index contributed by atoms with van der Waals surface area (Å²) in [4.78, 5) is 12.3. The summed E-state index contributed by atoms with van der Waals surface area (Å²) < 4.78 is 7.68. The fraction of sp³-hybridized carbons (Fsp3) is 0.227. The molecule has 0 fully saturated rings. The van der Waals surface area contributed by atoms with E-state index in [-0.39, 0.29) is 0 Å². The molecular weight excluding hydrogens is 324 g/mol. The van der Waals surface area contributed by atoms with Crippen molar-refractivity contribution in [1.29, 1.82) is 0 Å². The van der Waals surface area contributed by atoms with Gasteiger partial charge in [-0.3, -0.25) is 4.79 Å². The summed E-state index contributed by atoms with van der Waals surface area (Å²) in [5.41, 5.74) is 11.4. The average Bonchev–Trinajstić information content (AvgIpc) is 2.95. The molecule has 0 saturated carbocycles. The smallest absolute Gasteiger partial charge is 0.251 e. The Bertz CT molecular complexity index is 927. The summed E-state index contributed by atoms with van der Waals surface area (Å²) in [6.45, 7) is 4.69. The second-order valence-corrected chi connectivity index (χ2v) is 6.26. The van der Waals surface area contributed by atoms with Gasteiger partial charge in [0.2, 0.25) is 0 Å². The minimum absolute atomic E-state index is 0.394. The molecule has 0 bridgehead atoms. The Morgan fingerprint density at radius 1 is 1.08 bits per heavy atom. The predicted molar refractivity (Wildman–Crippen MR) is 105 cm³/mol. The van der Waals surface area contributed by atoms with Crippen LogP contribution in [0.1, 0.15) is 34.2 Å². The number of ether oxygens (including phenoxy) is 1. The summed E-state index contributed by atoms with van der Waals surface area (Å²) in [6.07, 6.45) is 0.799. The second kappa shape index (κ2) is 7.48. The van der Waals surface area contributed by atoms with Crippen molar-refractivity contribution in [3.8, 4) is 16.9 Å². The first kappa shape index (κ1) is 17.8. The second-order valence-electron chi connectivity index (χ2n) is 6.26. The zero-order chi connectivity index (χ0) is 18.7. The van der Waals surface area contributed by atoms with Crippen LogP contribution in [0.25, 0.3) is 11.1 Å². The van der Waals surface area contributed by atoms with Crippen LogP contribution >= 0.6 is 0 Å². The van der Waals surface area contributed by atoms with Crippen LogP contribution in [0.4, 0.5) is 0 Å². The third-order valence-corrected chi connectivity index (χ3v) is 4.80. The molecule has 4 nitrogen and oxygen atoms in total. The van der Waals surface area contributed by atoms with Crippen LogP contribution < -0.4 is 10.5 Å². The van der Waals surface area contributed by atoms with Crippen molar-refractivity contribution in [2.24, 2.45) is 5.73 Å². The van der Waals surface area contributed by atoms with E-state index in [2.05, 4.69) is 11.5 Å². The van der Waals surface area contributed by atoms with Gasteiger partial charge in [-0.25, -0.2) is 0 Å². The van der Waals surface area contributed by atoms with E-state index in [9.17, 15) is 4.79 Å². The van der Waals surface area contributed by atoms with E-state index < -0.39 is 5.91 Å². The number of rotatable bonds is 6. The molecule has 0 aliphatic rings. The fourth-order valence-electron chi connectivity index (χ4n) is 3.60. The molecule has 0 aliphatic carbocycles. The van der Waals surface area contributed by atoms with Crippen molar-refractivity contribution in [2.75, 3.05) is 7.11 Å². The number of primary amides is 1. The standard InChI is InChI=1S/C22H24N2O2/c1-4-18-21(16-10-6-5-7-11-16)20(22(23)25)15(2)24(18)14-17-12-8-9-13-19(17)26-3/h5-13H,4,14H2,1-3H3,(H2,23,25). The van der Waals surface area contributed by atoms with E-state index >= 15 is 0 Å². The van der Waals surface area contributed by atoms with Gasteiger partial charge in [0.05, 0.1) is 19.2 Å². The van der Waals surface area contributed by atoms with Crippen LogP contribution in [0.15, 0.2) is 54.6 Å². The van der Waals surface area contributed by atoms with Crippen molar-refractivity contribution in [3.63, 3.8) is 0 Å². The lowest BCUT2D eigenvalue weighted by Gasteiger charge is -2.14. The van der Waals surface area contributed by atoms with Gasteiger partial charge in [0, 0.05) is 22.5 Å². The number of hydrogen-bond donors (Lipinski definition) is 1. The quantitative estimate of drug-likeness (QED) is 0.726. The van der Waals surface area contributed by atoms with Gasteiger partial charge in [0.25, 0.3) is 5.91 Å². The predicted octanol–water partition coefficient (Wildman–Crippen LogP) is 4.18. The number of amides is 1. The molecule has 26 heavy (non-hydrogen) atoms. The van der Waals surface area contributed by atoms with Crippen LogP contribution in [0.3, 0.4) is 0 Å². The van der Waals surface area contributed by atoms with Crippen molar-refractivity contribution < 1.29 is 9.53 Å². The molecule has 0 atom stereocenters. The lowest BCUT2D eigenvalue weighted by atomic mass is 9.99. The molecule has 0 spiro atoms. The number of nitrogens with two attached hydrogens (primary N) is 1. The minimum atomic E-state index is -0.394. The fourth-order valence-corrected chi connectivity index (χ4v) is 3.60. The summed E-state index contributed by atoms with van der Waals surface area (Å²) >= 11 is 0. The number of benzene rings is 2. The number of hydrogen-bond acceptors (Lipinski definition) is 2. The Hall–Kier alpha value is -3.01.